The number of benzene rings is 5. The molecule has 0 saturated heterocycles. The van der Waals surface area contributed by atoms with Gasteiger partial charge < -0.3 is 44.5 Å². The van der Waals surface area contributed by atoms with Crippen molar-refractivity contribution in [1.82, 2.24) is 10.8 Å². The fourth-order valence-electron chi connectivity index (χ4n) is 8.96. The number of amides is 2. The summed E-state index contributed by atoms with van der Waals surface area (Å²) < 4.78 is 22.1. The Morgan fingerprint density at radius 2 is 1.05 bits per heavy atom. The first kappa shape index (κ1) is 74.1. The second-order valence-electron chi connectivity index (χ2n) is 22.0. The first-order valence-corrected chi connectivity index (χ1v) is 35.4. The quantitative estimate of drug-likeness (QED) is 0.00636. The Kier molecular flexibility index (Phi) is 32.5. The van der Waals surface area contributed by atoms with E-state index in [-0.39, 0.29) is 73.6 Å². The number of carbonyl (C=O) groups excluding carboxylic acids is 4. The number of rotatable bonds is 33. The first-order chi connectivity index (χ1) is 41.4. The zero-order valence-electron chi connectivity index (χ0n) is 52.4. The maximum Gasteiger partial charge on any atom is 0.336 e. The molecule has 87 heavy (non-hydrogen) atoms. The van der Waals surface area contributed by atoms with Crippen LogP contribution < -0.4 is 21.4 Å². The van der Waals surface area contributed by atoms with Gasteiger partial charge in [0, 0.05) is 39.1 Å². The third-order valence-electron chi connectivity index (χ3n) is 13.6. The molecule has 23 heteroatoms. The van der Waals surface area contributed by atoms with E-state index in [1.165, 1.54) is 43.9 Å². The average Bonchev–Trinajstić information content (AvgIpc) is 1.86. The lowest BCUT2D eigenvalue weighted by Gasteiger charge is -2.34. The molecule has 0 atom stereocenters. The van der Waals surface area contributed by atoms with Crippen molar-refractivity contribution in [3.63, 3.8) is 0 Å². The molecule has 2 amide bonds. The number of unbranched alkanes of at least 4 members (excludes halogenated alkanes) is 2. The fraction of sp³-hybridized carbons (Fsp3) is 0.438. The lowest BCUT2D eigenvalue weighted by molar-refractivity contribution is -0.253. The highest BCUT2D eigenvalue weighted by molar-refractivity contribution is 6.84. The highest BCUT2D eigenvalue weighted by Crippen LogP contribution is 2.30. The maximum atomic E-state index is 13.5. The molecule has 0 radical (unpaired) electrons. The van der Waals surface area contributed by atoms with E-state index in [9.17, 15) is 39.0 Å². The normalized spacial score (nSPS) is 11.2. The molecule has 21 nitrogen and oxygen atoms in total. The van der Waals surface area contributed by atoms with Crippen molar-refractivity contribution in [3.8, 4) is 22.3 Å². The van der Waals surface area contributed by atoms with Crippen LogP contribution in [-0.2, 0) is 75.4 Å². The Morgan fingerprint density at radius 1 is 0.552 bits per heavy atom. The summed E-state index contributed by atoms with van der Waals surface area (Å²) in [5.41, 5.74) is 9.53. The van der Waals surface area contributed by atoms with Gasteiger partial charge in [-0.2, -0.15) is 0 Å². The zero-order chi connectivity index (χ0) is 64.7. The van der Waals surface area contributed by atoms with Crippen LogP contribution in [0.15, 0.2) is 91.0 Å². The summed E-state index contributed by atoms with van der Waals surface area (Å²) in [6, 6.07) is 27.0. The second kappa shape index (κ2) is 38.2. The van der Waals surface area contributed by atoms with E-state index in [4.69, 9.17) is 33.7 Å². The summed E-state index contributed by atoms with van der Waals surface area (Å²) in [5.74, 6) is -4.76. The highest BCUT2D eigenvalue weighted by Gasteiger charge is 2.32. The van der Waals surface area contributed by atoms with Gasteiger partial charge in [-0.05, 0) is 149 Å². The zero-order valence-corrected chi connectivity index (χ0v) is 54.4. The molecule has 0 bridgehead atoms. The summed E-state index contributed by atoms with van der Waals surface area (Å²) in [5, 5.41) is 45.9. The van der Waals surface area contributed by atoms with Crippen molar-refractivity contribution in [2.24, 2.45) is 5.92 Å². The van der Waals surface area contributed by atoms with Gasteiger partial charge in [-0.1, -0.05) is 96.7 Å². The standard InChI is InChI=1S/C32H37N3O10.C28H43NO7Si2.C4H10/c1-19(2)32(40)43-10-9-42-29(36)13-20-11-25(33-3)16-26(12-20)35-30(37)28-15-22(7-8-27(28)31(38)39)21-5-6-23(18-45-41)24(14-21)17-44-34-4;1-7-8-15-37(3,4)36-38(5,6)16-9-14-29-27(30)26-18-22(12-13-25(26)28(31)32)21-10-11-23(20-35-33)24(17-21)19-34-2;1-3-4-2/h5-8,11-12,14-16,19,33-34,41H,9-10,13,17-18H2,1-4H3,(H,35,37)(H,38,39);10-13,17-18,33H,7-9,14-16,19-20H2,1-6H3,(H,29,30)(H,31,32);3-4H2,1-2H3. The molecule has 476 valence electrons. The van der Waals surface area contributed by atoms with Gasteiger partial charge >= 0.3 is 23.9 Å². The SMILES string of the molecule is CCCC.CCCC[Si](C)(C)O[Si](C)(C)CCCNC(=O)c1cc(-c2ccc(COO)c(COC)c2)ccc1C(=O)O.CNOCc1cc(-c2ccc(C(=O)O)c(C(=O)Nc3cc(CC(=O)OCCOC(=O)C(C)C)cc(NC)c3)c2)ccc1COO. The van der Waals surface area contributed by atoms with Crippen LogP contribution in [-0.4, -0.2) is 114 Å². The number of anilines is 2. The monoisotopic (exact) mass is 1240 g/mol. The Hall–Kier alpha value is -7.17. The molecular weight excluding hydrogens is 1150 g/mol. The molecule has 0 aromatic heterocycles. The van der Waals surface area contributed by atoms with Gasteiger partial charge in [0.05, 0.1) is 47.8 Å². The van der Waals surface area contributed by atoms with Gasteiger partial charge in [0.15, 0.2) is 16.6 Å². The van der Waals surface area contributed by atoms with Crippen molar-refractivity contribution in [1.29, 1.82) is 0 Å². The van der Waals surface area contributed by atoms with E-state index < -0.39 is 46.4 Å². The molecule has 0 fully saturated rings. The largest absolute Gasteiger partial charge is 0.478 e. The predicted octanol–water partition coefficient (Wildman–Crippen LogP) is 12.6. The van der Waals surface area contributed by atoms with E-state index >= 15 is 0 Å². The minimum Gasteiger partial charge on any atom is -0.478 e. The molecule has 5 aromatic rings. The topological polar surface area (TPSA) is 296 Å². The molecular formula is C64H90N4O17Si2. The maximum absolute atomic E-state index is 13.5. The summed E-state index contributed by atoms with van der Waals surface area (Å²) in [4.78, 5) is 88.3. The Bertz CT molecular complexity index is 3040. The Balaban J connectivity index is 0.000000434. The molecule has 0 aliphatic rings. The molecule has 0 heterocycles. The van der Waals surface area contributed by atoms with Crippen LogP contribution in [0.4, 0.5) is 11.4 Å². The Labute approximate surface area is 513 Å². The van der Waals surface area contributed by atoms with E-state index in [1.807, 2.05) is 18.2 Å². The molecule has 0 saturated carbocycles. The van der Waals surface area contributed by atoms with Crippen molar-refractivity contribution >= 4 is 63.7 Å². The Morgan fingerprint density at radius 3 is 1.53 bits per heavy atom. The predicted molar refractivity (Wildman–Crippen MR) is 340 cm³/mol. The van der Waals surface area contributed by atoms with Crippen molar-refractivity contribution < 1.29 is 82.4 Å². The molecule has 0 aliphatic carbocycles. The van der Waals surface area contributed by atoms with Gasteiger partial charge in [0.1, 0.15) is 26.4 Å². The number of nitrogens with one attached hydrogen (secondary N) is 4. The number of hydrogen-bond acceptors (Lipinski definition) is 17. The van der Waals surface area contributed by atoms with Crippen LogP contribution in [0.3, 0.4) is 0 Å². The van der Waals surface area contributed by atoms with Crippen LogP contribution in [0.1, 0.15) is 136 Å². The first-order valence-electron chi connectivity index (χ1n) is 29.1. The lowest BCUT2D eigenvalue weighted by atomic mass is 9.95. The van der Waals surface area contributed by atoms with Crippen molar-refractivity contribution in [3.05, 3.63) is 141 Å². The molecule has 5 rings (SSSR count). The fourth-order valence-corrected chi connectivity index (χ4v) is 18.0. The number of carboxylic acids is 2. The van der Waals surface area contributed by atoms with Crippen LogP contribution in [0.2, 0.25) is 38.3 Å². The van der Waals surface area contributed by atoms with E-state index in [0.29, 0.717) is 57.9 Å². The summed E-state index contributed by atoms with van der Waals surface area (Å²) in [6.07, 6.45) is 5.66. The minimum absolute atomic E-state index is 0.0215. The van der Waals surface area contributed by atoms with Crippen LogP contribution in [0.5, 0.6) is 0 Å². The van der Waals surface area contributed by atoms with E-state index in [0.717, 1.165) is 35.2 Å². The number of esters is 2. The van der Waals surface area contributed by atoms with Crippen LogP contribution in [0, 0.1) is 5.92 Å². The average molecular weight is 1240 g/mol. The van der Waals surface area contributed by atoms with E-state index in [2.05, 4.69) is 78.2 Å². The lowest BCUT2D eigenvalue weighted by Crippen LogP contribution is -2.44. The number of carboxylic acid groups (broad SMARTS) is 2. The number of hydrogen-bond donors (Lipinski definition) is 8. The van der Waals surface area contributed by atoms with Gasteiger partial charge in [0.2, 0.25) is 0 Å². The molecule has 8 N–H and O–H groups in total. The summed E-state index contributed by atoms with van der Waals surface area (Å²) >= 11 is 0. The van der Waals surface area contributed by atoms with Crippen molar-refractivity contribution in [2.45, 2.75) is 138 Å². The highest BCUT2D eigenvalue weighted by atomic mass is 28.4. The third-order valence-corrected chi connectivity index (χ3v) is 21.1. The van der Waals surface area contributed by atoms with Gasteiger partial charge in [-0.25, -0.2) is 24.8 Å². The molecule has 0 unspecified atom stereocenters. The van der Waals surface area contributed by atoms with E-state index in [1.54, 1.807) is 89.6 Å². The van der Waals surface area contributed by atoms with Gasteiger partial charge in [0.25, 0.3) is 11.8 Å². The van der Waals surface area contributed by atoms with Gasteiger partial charge in [-0.3, -0.25) is 34.5 Å². The number of aromatic carboxylic acids is 2. The second-order valence-corrected chi connectivity index (χ2v) is 30.9. The summed E-state index contributed by atoms with van der Waals surface area (Å²) in [7, 11) is 1.30. The molecule has 5 aromatic carbocycles. The van der Waals surface area contributed by atoms with Crippen LogP contribution in [0.25, 0.3) is 22.3 Å². The van der Waals surface area contributed by atoms with Gasteiger partial charge in [-0.15, -0.1) is 0 Å². The molecule has 0 spiro atoms. The third kappa shape index (κ3) is 25.6. The molecule has 0 aliphatic heterocycles. The number of carbonyl (C=O) groups is 6. The smallest absolute Gasteiger partial charge is 0.336 e. The van der Waals surface area contributed by atoms with Crippen LogP contribution >= 0.6 is 0 Å². The number of ether oxygens (including phenoxy) is 3. The number of hydroxylamine groups is 1. The minimum atomic E-state index is -1.86. The van der Waals surface area contributed by atoms with Crippen molar-refractivity contribution in [2.75, 3.05) is 51.6 Å². The summed E-state index contributed by atoms with van der Waals surface area (Å²) in [6.45, 7) is 19.7. The number of methoxy groups -OCH3 is 1.